The van der Waals surface area contributed by atoms with Gasteiger partial charge in [0, 0.05) is 37.0 Å². The minimum atomic E-state index is -0.704. The second-order valence-electron chi connectivity index (χ2n) is 10.7. The second kappa shape index (κ2) is 9.10. The number of carbonyl (C=O) groups is 2. The minimum Gasteiger partial charge on any atom is -0.444 e. The minimum absolute atomic E-state index is 0.0632. The summed E-state index contributed by atoms with van der Waals surface area (Å²) in [6.45, 7) is 16.3. The van der Waals surface area contributed by atoms with Crippen LogP contribution in [0, 0.1) is 0 Å². The van der Waals surface area contributed by atoms with Crippen molar-refractivity contribution in [2.75, 3.05) is 18.0 Å². The molecular weight excluding hydrogens is 425 g/mol. The summed E-state index contributed by atoms with van der Waals surface area (Å²) in [5.74, 6) is 0.330. The van der Waals surface area contributed by atoms with Gasteiger partial charge in [-0.2, -0.15) is 0 Å². The molecule has 2 fully saturated rings. The van der Waals surface area contributed by atoms with E-state index in [-0.39, 0.29) is 11.9 Å². The molecule has 3 heterocycles. The number of alkyl carbamates (subject to hydrolysis) is 1. The van der Waals surface area contributed by atoms with Crippen LogP contribution in [0.3, 0.4) is 0 Å². The van der Waals surface area contributed by atoms with Gasteiger partial charge in [-0.3, -0.25) is 4.79 Å². The molecule has 10 nitrogen and oxygen atoms in total. The van der Waals surface area contributed by atoms with E-state index in [0.717, 1.165) is 11.9 Å². The predicted octanol–water partition coefficient (Wildman–Crippen LogP) is 1.38. The van der Waals surface area contributed by atoms with E-state index in [0.29, 0.717) is 19.0 Å². The molecule has 2 amide bonds. The Kier molecular flexibility index (Phi) is 6.96. The molecule has 33 heavy (non-hydrogen) atoms. The Morgan fingerprint density at radius 3 is 2.30 bits per heavy atom. The SMILES string of the molecule is CC(NC(=O)OC(C)(C)C)C(=O)NC1CCN(c2ncc(B3OC(C)(C)C(C)(C)O3)cn2)C1. The topological polar surface area (TPSA) is 115 Å². The predicted molar refractivity (Wildman–Crippen MR) is 125 cm³/mol. The number of nitrogens with zero attached hydrogens (tertiary/aromatic N) is 3. The van der Waals surface area contributed by atoms with Crippen LogP contribution in [0.15, 0.2) is 12.4 Å². The average Bonchev–Trinajstić information content (AvgIpc) is 3.22. The van der Waals surface area contributed by atoms with E-state index in [4.69, 9.17) is 14.0 Å². The van der Waals surface area contributed by atoms with Crippen molar-refractivity contribution >= 4 is 30.5 Å². The van der Waals surface area contributed by atoms with E-state index < -0.39 is 36.1 Å². The summed E-state index contributed by atoms with van der Waals surface area (Å²) in [6.07, 6.45) is 3.59. The number of carbonyl (C=O) groups excluding carboxylic acids is 2. The lowest BCUT2D eigenvalue weighted by molar-refractivity contribution is -0.123. The Morgan fingerprint density at radius 2 is 1.76 bits per heavy atom. The summed E-state index contributed by atoms with van der Waals surface area (Å²) < 4.78 is 17.3. The number of amides is 2. The zero-order valence-corrected chi connectivity index (χ0v) is 20.9. The molecular formula is C22H36BN5O5. The molecule has 3 rings (SSSR count). The van der Waals surface area contributed by atoms with Gasteiger partial charge < -0.3 is 29.6 Å². The molecule has 2 N–H and O–H groups in total. The Balaban J connectivity index is 1.51. The molecule has 0 spiro atoms. The summed E-state index contributed by atoms with van der Waals surface area (Å²) in [5.41, 5.74) is -0.703. The summed E-state index contributed by atoms with van der Waals surface area (Å²) in [6, 6.07) is -0.767. The van der Waals surface area contributed by atoms with Gasteiger partial charge in [0.15, 0.2) is 0 Å². The van der Waals surface area contributed by atoms with Crippen molar-refractivity contribution in [1.29, 1.82) is 0 Å². The van der Waals surface area contributed by atoms with Crippen molar-refractivity contribution in [1.82, 2.24) is 20.6 Å². The van der Waals surface area contributed by atoms with Gasteiger partial charge in [-0.05, 0) is 61.8 Å². The van der Waals surface area contributed by atoms with Crippen LogP contribution in [0.25, 0.3) is 0 Å². The van der Waals surface area contributed by atoms with Gasteiger partial charge in [-0.1, -0.05) is 0 Å². The number of hydrogen-bond donors (Lipinski definition) is 2. The zero-order chi connectivity index (χ0) is 24.6. The third-order valence-corrected chi connectivity index (χ3v) is 6.13. The van der Waals surface area contributed by atoms with E-state index in [1.807, 2.05) is 32.6 Å². The highest BCUT2D eigenvalue weighted by Gasteiger charge is 2.52. The van der Waals surface area contributed by atoms with Crippen LogP contribution in [0.2, 0.25) is 0 Å². The molecule has 0 radical (unpaired) electrons. The largest absolute Gasteiger partial charge is 0.498 e. The van der Waals surface area contributed by atoms with Crippen LogP contribution in [0.4, 0.5) is 10.7 Å². The molecule has 1 aromatic heterocycles. The standard InChI is InChI=1S/C22H36BN5O5/c1-14(26-19(30)31-20(2,3)4)17(29)27-16-9-10-28(13-16)18-24-11-15(12-25-18)23-32-21(5,6)22(7,8)33-23/h11-12,14,16H,9-10,13H2,1-8H3,(H,26,30)(H,27,29). The Labute approximate surface area is 196 Å². The zero-order valence-electron chi connectivity index (χ0n) is 20.9. The van der Waals surface area contributed by atoms with Crippen molar-refractivity contribution in [2.45, 2.75) is 90.7 Å². The molecule has 182 valence electrons. The van der Waals surface area contributed by atoms with Crippen molar-refractivity contribution in [3.63, 3.8) is 0 Å². The molecule has 2 aliphatic heterocycles. The first-order valence-corrected chi connectivity index (χ1v) is 11.4. The highest BCUT2D eigenvalue weighted by Crippen LogP contribution is 2.36. The van der Waals surface area contributed by atoms with Crippen molar-refractivity contribution in [3.05, 3.63) is 12.4 Å². The van der Waals surface area contributed by atoms with Gasteiger partial charge in [-0.25, -0.2) is 14.8 Å². The molecule has 0 aromatic carbocycles. The van der Waals surface area contributed by atoms with Crippen LogP contribution < -0.4 is 21.0 Å². The summed E-state index contributed by atoms with van der Waals surface area (Å²) in [5, 5.41) is 5.54. The highest BCUT2D eigenvalue weighted by atomic mass is 16.7. The molecule has 0 bridgehead atoms. The molecule has 2 atom stereocenters. The van der Waals surface area contributed by atoms with Crippen molar-refractivity contribution in [2.24, 2.45) is 0 Å². The normalized spacial score (nSPS) is 22.7. The maximum Gasteiger partial charge on any atom is 0.498 e. The van der Waals surface area contributed by atoms with Gasteiger partial charge in [0.05, 0.1) is 11.2 Å². The number of hydrogen-bond acceptors (Lipinski definition) is 8. The van der Waals surface area contributed by atoms with Crippen LogP contribution in [0.5, 0.6) is 0 Å². The lowest BCUT2D eigenvalue weighted by Crippen LogP contribution is -2.49. The molecule has 0 saturated carbocycles. The highest BCUT2D eigenvalue weighted by molar-refractivity contribution is 6.61. The fraction of sp³-hybridized carbons (Fsp3) is 0.727. The van der Waals surface area contributed by atoms with Gasteiger partial charge in [0.1, 0.15) is 11.6 Å². The Bertz CT molecular complexity index is 855. The number of anilines is 1. The van der Waals surface area contributed by atoms with Gasteiger partial charge in [-0.15, -0.1) is 0 Å². The van der Waals surface area contributed by atoms with Gasteiger partial charge >= 0.3 is 13.2 Å². The molecule has 2 saturated heterocycles. The number of nitrogens with one attached hydrogen (secondary N) is 2. The van der Waals surface area contributed by atoms with Crippen molar-refractivity contribution < 1.29 is 23.6 Å². The maximum absolute atomic E-state index is 12.5. The van der Waals surface area contributed by atoms with E-state index in [9.17, 15) is 9.59 Å². The van der Waals surface area contributed by atoms with Crippen LogP contribution in [-0.2, 0) is 18.8 Å². The summed E-state index contributed by atoms with van der Waals surface area (Å²) >= 11 is 0. The smallest absolute Gasteiger partial charge is 0.444 e. The molecule has 11 heteroatoms. The average molecular weight is 461 g/mol. The number of rotatable bonds is 5. The van der Waals surface area contributed by atoms with Gasteiger partial charge in [0.2, 0.25) is 11.9 Å². The second-order valence-corrected chi connectivity index (χ2v) is 10.7. The first-order chi connectivity index (χ1) is 15.2. The fourth-order valence-corrected chi connectivity index (χ4v) is 3.53. The first-order valence-electron chi connectivity index (χ1n) is 11.4. The third kappa shape index (κ3) is 6.14. The summed E-state index contributed by atoms with van der Waals surface area (Å²) in [4.78, 5) is 35.4. The molecule has 0 aliphatic carbocycles. The Hall–Kier alpha value is -2.40. The van der Waals surface area contributed by atoms with Crippen LogP contribution in [-0.4, -0.2) is 71.1 Å². The molecule has 2 unspecified atom stereocenters. The molecule has 2 aliphatic rings. The van der Waals surface area contributed by atoms with E-state index in [1.54, 1.807) is 40.1 Å². The Morgan fingerprint density at radius 1 is 1.18 bits per heavy atom. The van der Waals surface area contributed by atoms with Gasteiger partial charge in [0.25, 0.3) is 0 Å². The third-order valence-electron chi connectivity index (χ3n) is 6.13. The number of ether oxygens (including phenoxy) is 1. The quantitative estimate of drug-likeness (QED) is 0.633. The monoisotopic (exact) mass is 461 g/mol. The van der Waals surface area contributed by atoms with E-state index in [1.165, 1.54) is 0 Å². The van der Waals surface area contributed by atoms with Crippen LogP contribution >= 0.6 is 0 Å². The van der Waals surface area contributed by atoms with Crippen LogP contribution in [0.1, 0.15) is 61.8 Å². The molecule has 1 aromatic rings. The maximum atomic E-state index is 12.5. The van der Waals surface area contributed by atoms with Crippen molar-refractivity contribution in [3.8, 4) is 0 Å². The first kappa shape index (κ1) is 25.2. The summed E-state index contributed by atoms with van der Waals surface area (Å²) in [7, 11) is -0.506. The van der Waals surface area contributed by atoms with E-state index in [2.05, 4.69) is 20.6 Å². The number of aromatic nitrogens is 2. The van der Waals surface area contributed by atoms with E-state index >= 15 is 0 Å². The fourth-order valence-electron chi connectivity index (χ4n) is 3.53. The lowest BCUT2D eigenvalue weighted by Gasteiger charge is -2.32. The lowest BCUT2D eigenvalue weighted by atomic mass is 9.81.